The van der Waals surface area contributed by atoms with Gasteiger partial charge in [0.2, 0.25) is 0 Å². The molecule has 3 fully saturated rings. The van der Waals surface area contributed by atoms with Crippen LogP contribution in [0.15, 0.2) is 47.4 Å². The average Bonchev–Trinajstić information content (AvgIpc) is 3.41. The molecule has 0 amide bonds. The van der Waals surface area contributed by atoms with Crippen molar-refractivity contribution >= 4 is 11.1 Å². The molecule has 6 rings (SSSR count). The fourth-order valence-electron chi connectivity index (χ4n) is 4.35. The summed E-state index contributed by atoms with van der Waals surface area (Å²) >= 11 is 0. The van der Waals surface area contributed by atoms with Crippen molar-refractivity contribution < 1.29 is 18.9 Å². The molecule has 5 aliphatic rings. The molecule has 1 spiro atoms. The summed E-state index contributed by atoms with van der Waals surface area (Å²) in [7, 11) is 0. The van der Waals surface area contributed by atoms with Gasteiger partial charge < -0.3 is 18.9 Å². The van der Waals surface area contributed by atoms with E-state index < -0.39 is 5.79 Å². The molecule has 122 valence electrons. The molecule has 1 atom stereocenters. The van der Waals surface area contributed by atoms with Crippen molar-refractivity contribution in [3.8, 4) is 0 Å². The largest absolute Gasteiger partial charge is 0.489 e. The number of benzene rings is 1. The van der Waals surface area contributed by atoms with E-state index in [1.807, 2.05) is 0 Å². The Morgan fingerprint density at radius 3 is 2.42 bits per heavy atom. The van der Waals surface area contributed by atoms with Crippen molar-refractivity contribution in [1.29, 1.82) is 0 Å². The van der Waals surface area contributed by atoms with E-state index in [2.05, 4.69) is 30.3 Å². The normalized spacial score (nSPS) is 30.6. The Bertz CT molecular complexity index is 929. The van der Waals surface area contributed by atoms with Gasteiger partial charge in [0.15, 0.2) is 11.5 Å². The molecule has 2 saturated heterocycles. The summed E-state index contributed by atoms with van der Waals surface area (Å²) in [5.74, 6) is 1.18. The lowest BCUT2D eigenvalue weighted by atomic mass is 9.87. The maximum atomic E-state index is 6.16. The van der Waals surface area contributed by atoms with Crippen LogP contribution in [0.1, 0.15) is 12.8 Å². The van der Waals surface area contributed by atoms with Crippen LogP contribution >= 0.6 is 0 Å². The van der Waals surface area contributed by atoms with Gasteiger partial charge in [-0.3, -0.25) is 0 Å². The molecule has 2 aliphatic heterocycles. The van der Waals surface area contributed by atoms with Crippen LogP contribution in [0.3, 0.4) is 0 Å². The van der Waals surface area contributed by atoms with Gasteiger partial charge in [-0.05, 0) is 46.4 Å². The van der Waals surface area contributed by atoms with Crippen molar-refractivity contribution in [2.45, 2.75) is 18.6 Å². The van der Waals surface area contributed by atoms with E-state index in [0.29, 0.717) is 32.3 Å². The fourth-order valence-corrected chi connectivity index (χ4v) is 4.35. The maximum absolute atomic E-state index is 6.16. The van der Waals surface area contributed by atoms with Crippen LogP contribution in [0.5, 0.6) is 0 Å². The number of ether oxygens (including phenoxy) is 4. The summed E-state index contributed by atoms with van der Waals surface area (Å²) in [4.78, 5) is 0. The van der Waals surface area contributed by atoms with Gasteiger partial charge in [0.05, 0.1) is 13.2 Å². The first-order chi connectivity index (χ1) is 11.9. The van der Waals surface area contributed by atoms with Crippen LogP contribution in [-0.2, 0) is 18.9 Å². The van der Waals surface area contributed by atoms with Gasteiger partial charge in [-0.2, -0.15) is 0 Å². The molecular formula is C20H18O4. The predicted octanol–water partition coefficient (Wildman–Crippen LogP) is 1.35. The fraction of sp³-hybridized carbons (Fsp3) is 0.400. The van der Waals surface area contributed by atoms with Gasteiger partial charge in [0.25, 0.3) is 5.79 Å². The highest BCUT2D eigenvalue weighted by atomic mass is 16.8. The Morgan fingerprint density at radius 2 is 1.62 bits per heavy atom. The lowest BCUT2D eigenvalue weighted by Gasteiger charge is -2.45. The summed E-state index contributed by atoms with van der Waals surface area (Å²) in [5, 5.41) is 2.60. The number of fused-ring (bicyclic) bond motifs is 2. The van der Waals surface area contributed by atoms with Gasteiger partial charge >= 0.3 is 0 Å². The summed E-state index contributed by atoms with van der Waals surface area (Å²) < 4.78 is 24.3. The molecule has 0 bridgehead atoms. The number of hydrogen-bond donors (Lipinski definition) is 0. The van der Waals surface area contributed by atoms with Crippen LogP contribution in [0.4, 0.5) is 0 Å². The van der Waals surface area contributed by atoms with E-state index in [4.69, 9.17) is 18.9 Å². The number of hydrogen-bond acceptors (Lipinski definition) is 4. The molecule has 24 heavy (non-hydrogen) atoms. The van der Waals surface area contributed by atoms with Gasteiger partial charge in [-0.1, -0.05) is 24.3 Å². The Balaban J connectivity index is 1.73. The van der Waals surface area contributed by atoms with Crippen molar-refractivity contribution in [2.75, 3.05) is 26.4 Å². The lowest BCUT2D eigenvalue weighted by molar-refractivity contribution is -0.278. The highest BCUT2D eigenvalue weighted by molar-refractivity contribution is 5.97. The quantitative estimate of drug-likeness (QED) is 0.782. The standard InChI is InChI=1S/C20H18O4/c1-2-4-14-13(3-1)15-11-16-20(23-9-7-21-16)19(22-8-10-24-20)18(15)17(14)12-5-6-12/h1-4,11-12H,5-10H2. The van der Waals surface area contributed by atoms with Crippen molar-refractivity contribution in [2.24, 2.45) is 5.92 Å². The molecule has 2 heterocycles. The van der Waals surface area contributed by atoms with Gasteiger partial charge in [0.1, 0.15) is 13.2 Å². The van der Waals surface area contributed by atoms with E-state index >= 15 is 0 Å². The third kappa shape index (κ3) is 1.55. The molecule has 0 N–H and O–H groups in total. The molecule has 1 aromatic carbocycles. The zero-order valence-corrected chi connectivity index (χ0v) is 13.3. The lowest BCUT2D eigenvalue weighted by Crippen LogP contribution is -2.51. The van der Waals surface area contributed by atoms with Gasteiger partial charge in [-0.25, -0.2) is 0 Å². The third-order valence-electron chi connectivity index (χ3n) is 5.44. The second-order valence-corrected chi connectivity index (χ2v) is 6.87. The molecule has 4 nitrogen and oxygen atoms in total. The van der Waals surface area contributed by atoms with Gasteiger partial charge in [-0.15, -0.1) is 0 Å². The molecule has 3 aliphatic carbocycles. The maximum Gasteiger partial charge on any atom is 0.289 e. The molecule has 1 saturated carbocycles. The summed E-state index contributed by atoms with van der Waals surface area (Å²) in [6.45, 7) is 2.13. The zero-order chi connectivity index (χ0) is 15.7. The molecule has 1 unspecified atom stereocenters. The minimum Gasteiger partial charge on any atom is -0.489 e. The first-order valence-corrected chi connectivity index (χ1v) is 8.73. The minimum atomic E-state index is -0.975. The number of rotatable bonds is 1. The predicted molar refractivity (Wildman–Crippen MR) is 86.9 cm³/mol. The van der Waals surface area contributed by atoms with E-state index in [0.717, 1.165) is 11.5 Å². The second-order valence-electron chi connectivity index (χ2n) is 6.87. The summed E-state index contributed by atoms with van der Waals surface area (Å²) in [6.07, 6.45) is 4.60. The topological polar surface area (TPSA) is 36.9 Å². The van der Waals surface area contributed by atoms with E-state index in [1.165, 1.54) is 40.0 Å². The molecular weight excluding hydrogens is 304 g/mol. The Hall–Kier alpha value is -2.04. The zero-order valence-electron chi connectivity index (χ0n) is 13.3. The molecule has 1 aromatic rings. The van der Waals surface area contributed by atoms with Crippen LogP contribution in [0, 0.1) is 5.92 Å². The van der Waals surface area contributed by atoms with Crippen LogP contribution in [0.25, 0.3) is 11.1 Å². The average molecular weight is 322 g/mol. The second kappa shape index (κ2) is 4.52. The molecule has 0 aromatic heterocycles. The first kappa shape index (κ1) is 13.3. The van der Waals surface area contributed by atoms with Crippen LogP contribution in [0.2, 0.25) is 0 Å². The summed E-state index contributed by atoms with van der Waals surface area (Å²) in [5.41, 5.74) is 3.79. The van der Waals surface area contributed by atoms with E-state index in [9.17, 15) is 0 Å². The molecule has 0 radical (unpaired) electrons. The Labute approximate surface area is 139 Å². The monoisotopic (exact) mass is 322 g/mol. The Morgan fingerprint density at radius 1 is 0.875 bits per heavy atom. The van der Waals surface area contributed by atoms with Crippen LogP contribution < -0.4 is 10.4 Å². The highest BCUT2D eigenvalue weighted by Crippen LogP contribution is 2.52. The highest BCUT2D eigenvalue weighted by Gasteiger charge is 2.54. The number of allylic oxidation sites excluding steroid dienone is 2. The van der Waals surface area contributed by atoms with Crippen molar-refractivity contribution in [1.82, 2.24) is 0 Å². The minimum absolute atomic E-state index is 0.512. The van der Waals surface area contributed by atoms with Gasteiger partial charge in [0, 0.05) is 5.57 Å². The third-order valence-corrected chi connectivity index (χ3v) is 5.44. The van der Waals surface area contributed by atoms with Crippen molar-refractivity contribution in [3.05, 3.63) is 57.9 Å². The smallest absolute Gasteiger partial charge is 0.289 e. The summed E-state index contributed by atoms with van der Waals surface area (Å²) in [6, 6.07) is 8.63. The first-order valence-electron chi connectivity index (χ1n) is 8.73. The molecule has 4 heteroatoms. The van der Waals surface area contributed by atoms with E-state index in [1.54, 1.807) is 0 Å². The van der Waals surface area contributed by atoms with Crippen LogP contribution in [-0.4, -0.2) is 32.2 Å². The van der Waals surface area contributed by atoms with E-state index in [-0.39, 0.29) is 0 Å². The van der Waals surface area contributed by atoms with Crippen molar-refractivity contribution in [3.63, 3.8) is 0 Å². The SMILES string of the molecule is C1=C2OCCOC23OCCOC3=C2C1=c1ccccc1=C2C1CC1. The Kier molecular flexibility index (Phi) is 2.50.